The zero-order valence-electron chi connectivity index (χ0n) is 7.33. The fourth-order valence-corrected chi connectivity index (χ4v) is 3.54. The molecular formula is C6H14Cl2N3OP. The van der Waals surface area contributed by atoms with Gasteiger partial charge in [0, 0.05) is 37.9 Å². The molecule has 0 saturated carbocycles. The molecule has 4 nitrogen and oxygen atoms in total. The molecule has 1 rings (SSSR count). The molecule has 0 aromatic heterocycles. The standard InChI is InChI=1S/C6H14Cl2N3OP/c7-1-3-10(4-2-8)13(9,12)11-5-6-11/h1-6H2,(H2,9,12)/t13-/m0/s1. The monoisotopic (exact) mass is 245 g/mol. The summed E-state index contributed by atoms with van der Waals surface area (Å²) in [6.45, 7) is 2.68. The lowest BCUT2D eigenvalue weighted by molar-refractivity contribution is 0.421. The van der Waals surface area contributed by atoms with Crippen LogP contribution in [0.5, 0.6) is 0 Å². The molecule has 13 heavy (non-hydrogen) atoms. The lowest BCUT2D eigenvalue weighted by atomic mass is 10.6. The SMILES string of the molecule is N[P@](=O)(N(CCCl)CCCl)N1CC1. The molecule has 0 aromatic rings. The molecule has 0 unspecified atom stereocenters. The fraction of sp³-hybridized carbons (Fsp3) is 1.00. The number of rotatable bonds is 6. The average Bonchev–Trinajstić information content (AvgIpc) is 2.86. The molecule has 2 N–H and O–H groups in total. The van der Waals surface area contributed by atoms with E-state index in [1.54, 1.807) is 9.34 Å². The molecule has 0 spiro atoms. The van der Waals surface area contributed by atoms with Crippen molar-refractivity contribution in [2.45, 2.75) is 0 Å². The van der Waals surface area contributed by atoms with E-state index in [9.17, 15) is 4.57 Å². The molecule has 0 amide bonds. The van der Waals surface area contributed by atoms with Crippen LogP contribution in [0.3, 0.4) is 0 Å². The summed E-state index contributed by atoms with van der Waals surface area (Å²) >= 11 is 11.2. The molecule has 1 fully saturated rings. The molecule has 1 heterocycles. The van der Waals surface area contributed by atoms with Crippen molar-refractivity contribution in [2.24, 2.45) is 5.50 Å². The van der Waals surface area contributed by atoms with E-state index in [0.29, 0.717) is 24.8 Å². The summed E-state index contributed by atoms with van der Waals surface area (Å²) in [6, 6.07) is 0. The van der Waals surface area contributed by atoms with Gasteiger partial charge in [-0.2, -0.15) is 0 Å². The van der Waals surface area contributed by atoms with Gasteiger partial charge in [0.1, 0.15) is 0 Å². The topological polar surface area (TPSA) is 49.3 Å². The fourth-order valence-electron chi connectivity index (χ4n) is 1.10. The maximum Gasteiger partial charge on any atom is 0.281 e. The normalized spacial score (nSPS) is 21.8. The van der Waals surface area contributed by atoms with Crippen molar-refractivity contribution in [2.75, 3.05) is 37.9 Å². The van der Waals surface area contributed by atoms with Gasteiger partial charge in [0.15, 0.2) is 0 Å². The van der Waals surface area contributed by atoms with Gasteiger partial charge in [-0.3, -0.25) is 10.1 Å². The van der Waals surface area contributed by atoms with Gasteiger partial charge >= 0.3 is 0 Å². The molecule has 0 bridgehead atoms. The summed E-state index contributed by atoms with van der Waals surface area (Å²) in [7, 11) is -2.80. The minimum Gasteiger partial charge on any atom is -0.271 e. The van der Waals surface area contributed by atoms with Gasteiger partial charge in [-0.15, -0.1) is 23.2 Å². The van der Waals surface area contributed by atoms with E-state index in [-0.39, 0.29) is 0 Å². The number of halogens is 2. The second kappa shape index (κ2) is 4.96. The smallest absolute Gasteiger partial charge is 0.271 e. The van der Waals surface area contributed by atoms with E-state index in [4.69, 9.17) is 28.7 Å². The Hall–Kier alpha value is 0.690. The van der Waals surface area contributed by atoms with Crippen molar-refractivity contribution < 1.29 is 4.57 Å². The van der Waals surface area contributed by atoms with Crippen molar-refractivity contribution in [3.8, 4) is 0 Å². The number of nitrogens with two attached hydrogens (primary N) is 1. The number of alkyl halides is 2. The largest absolute Gasteiger partial charge is 0.281 e. The molecule has 1 atom stereocenters. The predicted octanol–water partition coefficient (Wildman–Crippen LogP) is 1.15. The van der Waals surface area contributed by atoms with Gasteiger partial charge in [0.2, 0.25) is 0 Å². The minimum atomic E-state index is -2.80. The highest BCUT2D eigenvalue weighted by molar-refractivity contribution is 7.56. The van der Waals surface area contributed by atoms with Gasteiger partial charge in [0.05, 0.1) is 0 Å². The van der Waals surface area contributed by atoms with Gasteiger partial charge in [-0.05, 0) is 0 Å². The van der Waals surface area contributed by atoms with Crippen LogP contribution in [0.15, 0.2) is 0 Å². The lowest BCUT2D eigenvalue weighted by Crippen LogP contribution is -2.31. The summed E-state index contributed by atoms with van der Waals surface area (Å²) in [5.41, 5.74) is 5.73. The second-order valence-electron chi connectivity index (χ2n) is 2.87. The summed E-state index contributed by atoms with van der Waals surface area (Å²) < 4.78 is 15.4. The quantitative estimate of drug-likeness (QED) is 0.434. The van der Waals surface area contributed by atoms with Crippen molar-refractivity contribution in [1.29, 1.82) is 0 Å². The molecule has 1 saturated heterocycles. The first kappa shape index (κ1) is 11.8. The number of hydrogen-bond acceptors (Lipinski definition) is 1. The van der Waals surface area contributed by atoms with Crippen molar-refractivity contribution >= 4 is 30.8 Å². The second-order valence-corrected chi connectivity index (χ2v) is 5.94. The number of nitrogens with zero attached hydrogens (tertiary/aromatic N) is 2. The summed E-state index contributed by atoms with van der Waals surface area (Å²) in [5.74, 6) is 0.845. The zero-order valence-corrected chi connectivity index (χ0v) is 9.73. The van der Waals surface area contributed by atoms with Crippen LogP contribution in [0, 0.1) is 0 Å². The summed E-state index contributed by atoms with van der Waals surface area (Å²) in [6.07, 6.45) is 0. The molecule has 0 aromatic carbocycles. The van der Waals surface area contributed by atoms with Crippen LogP contribution in [0.4, 0.5) is 0 Å². The zero-order chi connectivity index (χ0) is 9.90. The minimum absolute atomic E-state index is 0.423. The Morgan fingerprint density at radius 1 is 1.31 bits per heavy atom. The van der Waals surface area contributed by atoms with Gasteiger partial charge < -0.3 is 0 Å². The molecule has 7 heteroatoms. The van der Waals surface area contributed by atoms with Crippen molar-refractivity contribution in [1.82, 2.24) is 9.34 Å². The van der Waals surface area contributed by atoms with Crippen LogP contribution in [-0.2, 0) is 4.57 Å². The first-order valence-electron chi connectivity index (χ1n) is 4.14. The molecule has 0 aliphatic carbocycles. The molecule has 78 valence electrons. The molecule has 1 aliphatic rings. The maximum absolute atomic E-state index is 12.0. The van der Waals surface area contributed by atoms with E-state index in [1.165, 1.54) is 0 Å². The van der Waals surface area contributed by atoms with Crippen LogP contribution < -0.4 is 5.50 Å². The Bertz CT molecular complexity index is 206. The first-order chi connectivity index (χ1) is 6.12. The first-order valence-corrected chi connectivity index (χ1v) is 6.89. The third-order valence-corrected chi connectivity index (χ3v) is 4.68. The highest BCUT2D eigenvalue weighted by Crippen LogP contribution is 2.49. The van der Waals surface area contributed by atoms with E-state index in [2.05, 4.69) is 0 Å². The maximum atomic E-state index is 12.0. The van der Waals surface area contributed by atoms with Crippen molar-refractivity contribution in [3.05, 3.63) is 0 Å². The van der Waals surface area contributed by atoms with Crippen LogP contribution in [0.1, 0.15) is 0 Å². The third kappa shape index (κ3) is 3.08. The van der Waals surface area contributed by atoms with E-state index in [1.807, 2.05) is 0 Å². The van der Waals surface area contributed by atoms with Crippen LogP contribution in [0.2, 0.25) is 0 Å². The Morgan fingerprint density at radius 2 is 1.77 bits per heavy atom. The van der Waals surface area contributed by atoms with Gasteiger partial charge in [-0.25, -0.2) is 9.34 Å². The van der Waals surface area contributed by atoms with Gasteiger partial charge in [0.25, 0.3) is 7.59 Å². The Kier molecular flexibility index (Phi) is 4.49. The molecule has 0 radical (unpaired) electrons. The summed E-state index contributed by atoms with van der Waals surface area (Å²) in [5, 5.41) is 0. The van der Waals surface area contributed by atoms with Gasteiger partial charge in [-0.1, -0.05) is 0 Å². The van der Waals surface area contributed by atoms with E-state index < -0.39 is 7.59 Å². The highest BCUT2D eigenvalue weighted by Gasteiger charge is 2.39. The molecule has 1 aliphatic heterocycles. The van der Waals surface area contributed by atoms with Crippen LogP contribution in [-0.4, -0.2) is 47.3 Å². The summed E-state index contributed by atoms with van der Waals surface area (Å²) in [4.78, 5) is 0. The van der Waals surface area contributed by atoms with Crippen LogP contribution in [0.25, 0.3) is 0 Å². The Morgan fingerprint density at radius 3 is 2.08 bits per heavy atom. The van der Waals surface area contributed by atoms with Crippen molar-refractivity contribution in [3.63, 3.8) is 0 Å². The lowest BCUT2D eigenvalue weighted by Gasteiger charge is -2.27. The highest BCUT2D eigenvalue weighted by atomic mass is 35.5. The van der Waals surface area contributed by atoms with E-state index in [0.717, 1.165) is 13.1 Å². The van der Waals surface area contributed by atoms with E-state index >= 15 is 0 Å². The average molecular weight is 246 g/mol. The Balaban J connectivity index is 2.55. The van der Waals surface area contributed by atoms with Crippen LogP contribution >= 0.6 is 30.8 Å². The molecular weight excluding hydrogens is 232 g/mol. The Labute approximate surface area is 88.5 Å². The predicted molar refractivity (Wildman–Crippen MR) is 56.4 cm³/mol. The third-order valence-electron chi connectivity index (χ3n) is 1.92. The number of hydrogen-bond donors (Lipinski definition) is 1.